The SMILES string of the molecule is Cn1cnnc1CCCC(=O)N1CCc2c([nH]n(C)c2=O)C1. The van der Waals surface area contributed by atoms with Gasteiger partial charge in [0.2, 0.25) is 5.91 Å². The van der Waals surface area contributed by atoms with E-state index in [1.165, 1.54) is 4.68 Å². The molecular formula is C14H20N6O2. The van der Waals surface area contributed by atoms with Crippen molar-refractivity contribution in [2.75, 3.05) is 6.54 Å². The zero-order chi connectivity index (χ0) is 15.7. The van der Waals surface area contributed by atoms with E-state index in [0.29, 0.717) is 25.9 Å². The minimum Gasteiger partial charge on any atom is -0.336 e. The summed E-state index contributed by atoms with van der Waals surface area (Å²) in [6.45, 7) is 1.11. The van der Waals surface area contributed by atoms with Crippen molar-refractivity contribution in [1.29, 1.82) is 0 Å². The standard InChI is InChI=1S/C14H20N6O2/c1-18-9-15-16-12(18)4-3-5-13(21)20-7-6-10-11(8-20)17-19(2)14(10)22/h9,17H,3-8H2,1-2H3. The van der Waals surface area contributed by atoms with Gasteiger partial charge >= 0.3 is 0 Å². The van der Waals surface area contributed by atoms with Gasteiger partial charge in [0, 0.05) is 39.0 Å². The Morgan fingerprint density at radius 1 is 1.41 bits per heavy atom. The molecule has 0 unspecified atom stereocenters. The highest BCUT2D eigenvalue weighted by atomic mass is 16.2. The van der Waals surface area contributed by atoms with E-state index in [9.17, 15) is 9.59 Å². The van der Waals surface area contributed by atoms with Crippen LogP contribution in [0.1, 0.15) is 29.9 Å². The Bertz CT molecular complexity index is 741. The molecule has 1 aliphatic rings. The largest absolute Gasteiger partial charge is 0.336 e. The van der Waals surface area contributed by atoms with Crippen molar-refractivity contribution in [2.24, 2.45) is 14.1 Å². The quantitative estimate of drug-likeness (QED) is 0.843. The number of hydrogen-bond acceptors (Lipinski definition) is 4. The van der Waals surface area contributed by atoms with E-state index < -0.39 is 0 Å². The summed E-state index contributed by atoms with van der Waals surface area (Å²) in [5.74, 6) is 1.01. The summed E-state index contributed by atoms with van der Waals surface area (Å²) in [5, 5.41) is 10.9. The maximum Gasteiger partial charge on any atom is 0.269 e. The lowest BCUT2D eigenvalue weighted by Gasteiger charge is -2.26. The number of rotatable bonds is 4. The van der Waals surface area contributed by atoms with Crippen molar-refractivity contribution in [2.45, 2.75) is 32.2 Å². The minimum atomic E-state index is 0.0179. The van der Waals surface area contributed by atoms with Gasteiger partial charge in [-0.3, -0.25) is 19.4 Å². The van der Waals surface area contributed by atoms with Crippen molar-refractivity contribution in [1.82, 2.24) is 29.4 Å². The zero-order valence-electron chi connectivity index (χ0n) is 12.9. The van der Waals surface area contributed by atoms with Crippen LogP contribution in [0.4, 0.5) is 0 Å². The Labute approximate surface area is 127 Å². The molecule has 0 spiro atoms. The smallest absolute Gasteiger partial charge is 0.269 e. The van der Waals surface area contributed by atoms with Crippen molar-refractivity contribution in [3.8, 4) is 0 Å². The Morgan fingerprint density at radius 3 is 2.95 bits per heavy atom. The summed E-state index contributed by atoms with van der Waals surface area (Å²) in [5.41, 5.74) is 1.69. The Balaban J connectivity index is 1.55. The lowest BCUT2D eigenvalue weighted by molar-refractivity contribution is -0.132. The van der Waals surface area contributed by atoms with Gasteiger partial charge in [0.05, 0.1) is 12.2 Å². The van der Waals surface area contributed by atoms with Gasteiger partial charge in [0.1, 0.15) is 12.2 Å². The molecule has 22 heavy (non-hydrogen) atoms. The molecule has 0 saturated carbocycles. The molecule has 3 heterocycles. The van der Waals surface area contributed by atoms with E-state index in [4.69, 9.17) is 0 Å². The molecular weight excluding hydrogens is 284 g/mol. The van der Waals surface area contributed by atoms with Gasteiger partial charge in [0.25, 0.3) is 5.56 Å². The maximum atomic E-state index is 12.3. The fourth-order valence-corrected chi connectivity index (χ4v) is 2.86. The molecule has 1 N–H and O–H groups in total. The molecule has 118 valence electrons. The normalized spacial score (nSPS) is 14.2. The number of fused-ring (bicyclic) bond motifs is 1. The summed E-state index contributed by atoms with van der Waals surface area (Å²) < 4.78 is 3.35. The van der Waals surface area contributed by atoms with E-state index in [1.807, 2.05) is 16.5 Å². The van der Waals surface area contributed by atoms with Crippen LogP contribution in [0, 0.1) is 0 Å². The molecule has 0 bridgehead atoms. The molecule has 0 atom stereocenters. The zero-order valence-corrected chi connectivity index (χ0v) is 12.9. The highest BCUT2D eigenvalue weighted by molar-refractivity contribution is 5.76. The number of amides is 1. The molecule has 0 saturated heterocycles. The molecule has 8 nitrogen and oxygen atoms in total. The van der Waals surface area contributed by atoms with Gasteiger partial charge < -0.3 is 9.47 Å². The lowest BCUT2D eigenvalue weighted by Crippen LogP contribution is -2.36. The predicted octanol–water partition coefficient (Wildman–Crippen LogP) is -0.250. The molecule has 0 fully saturated rings. The number of carbonyl (C=O) groups is 1. The van der Waals surface area contributed by atoms with Gasteiger partial charge in [-0.05, 0) is 12.8 Å². The van der Waals surface area contributed by atoms with E-state index in [0.717, 1.165) is 29.9 Å². The predicted molar refractivity (Wildman–Crippen MR) is 79.1 cm³/mol. The second-order valence-electron chi connectivity index (χ2n) is 5.71. The van der Waals surface area contributed by atoms with E-state index in [-0.39, 0.29) is 11.5 Å². The van der Waals surface area contributed by atoms with Crippen molar-refractivity contribution >= 4 is 5.91 Å². The van der Waals surface area contributed by atoms with Gasteiger partial charge in [-0.2, -0.15) is 0 Å². The van der Waals surface area contributed by atoms with Gasteiger partial charge in [0.15, 0.2) is 0 Å². The third-order valence-electron chi connectivity index (χ3n) is 4.16. The van der Waals surface area contributed by atoms with E-state index in [2.05, 4.69) is 15.3 Å². The number of nitrogens with zero attached hydrogens (tertiary/aromatic N) is 5. The van der Waals surface area contributed by atoms with Crippen LogP contribution in [0.2, 0.25) is 0 Å². The van der Waals surface area contributed by atoms with Crippen LogP contribution in [0.3, 0.4) is 0 Å². The Hall–Kier alpha value is -2.38. The number of carbonyl (C=O) groups excluding carboxylic acids is 1. The second-order valence-corrected chi connectivity index (χ2v) is 5.71. The third-order valence-corrected chi connectivity index (χ3v) is 4.16. The lowest BCUT2D eigenvalue weighted by atomic mass is 10.1. The van der Waals surface area contributed by atoms with Crippen molar-refractivity contribution < 1.29 is 4.79 Å². The van der Waals surface area contributed by atoms with Crippen LogP contribution in [-0.4, -0.2) is 41.9 Å². The van der Waals surface area contributed by atoms with Gasteiger partial charge in [-0.1, -0.05) is 0 Å². The first-order chi connectivity index (χ1) is 10.6. The molecule has 1 aliphatic heterocycles. The molecule has 3 rings (SSSR count). The number of aryl methyl sites for hydroxylation is 3. The summed E-state index contributed by atoms with van der Waals surface area (Å²) in [4.78, 5) is 26.0. The molecule has 0 aromatic carbocycles. The van der Waals surface area contributed by atoms with Crippen LogP contribution < -0.4 is 5.56 Å². The van der Waals surface area contributed by atoms with Crippen molar-refractivity contribution in [3.63, 3.8) is 0 Å². The Kier molecular flexibility index (Phi) is 3.82. The van der Waals surface area contributed by atoms with Gasteiger partial charge in [-0.15, -0.1) is 10.2 Å². The number of aromatic amines is 1. The monoisotopic (exact) mass is 304 g/mol. The molecule has 1 amide bonds. The first-order valence-electron chi connectivity index (χ1n) is 7.43. The number of aromatic nitrogens is 5. The van der Waals surface area contributed by atoms with Gasteiger partial charge in [-0.25, -0.2) is 0 Å². The number of nitrogens with one attached hydrogen (secondary N) is 1. The average molecular weight is 304 g/mol. The second kappa shape index (κ2) is 5.78. The maximum absolute atomic E-state index is 12.3. The summed E-state index contributed by atoms with van der Waals surface area (Å²) in [6.07, 6.45) is 4.26. The van der Waals surface area contributed by atoms with E-state index in [1.54, 1.807) is 13.4 Å². The molecule has 2 aromatic rings. The van der Waals surface area contributed by atoms with Crippen molar-refractivity contribution in [3.05, 3.63) is 33.8 Å². The highest BCUT2D eigenvalue weighted by Crippen LogP contribution is 2.15. The van der Waals surface area contributed by atoms with Crippen LogP contribution >= 0.6 is 0 Å². The van der Waals surface area contributed by atoms with Crippen LogP contribution in [-0.2, 0) is 38.3 Å². The van der Waals surface area contributed by atoms with E-state index >= 15 is 0 Å². The minimum absolute atomic E-state index is 0.0179. The molecule has 0 aliphatic carbocycles. The fourth-order valence-electron chi connectivity index (χ4n) is 2.86. The number of H-pyrrole nitrogens is 1. The number of hydrogen-bond donors (Lipinski definition) is 1. The van der Waals surface area contributed by atoms with Crippen LogP contribution in [0.15, 0.2) is 11.1 Å². The molecule has 8 heteroatoms. The summed E-state index contributed by atoms with van der Waals surface area (Å²) in [7, 11) is 3.60. The van der Waals surface area contributed by atoms with Crippen LogP contribution in [0.5, 0.6) is 0 Å². The van der Waals surface area contributed by atoms with Crippen LogP contribution in [0.25, 0.3) is 0 Å². The summed E-state index contributed by atoms with van der Waals surface area (Å²) in [6, 6.07) is 0. The first kappa shape index (κ1) is 14.6. The summed E-state index contributed by atoms with van der Waals surface area (Å²) >= 11 is 0. The fraction of sp³-hybridized carbons (Fsp3) is 0.571. The Morgan fingerprint density at radius 2 is 2.23 bits per heavy atom. The average Bonchev–Trinajstić information content (AvgIpc) is 3.03. The molecule has 0 radical (unpaired) electrons. The first-order valence-corrected chi connectivity index (χ1v) is 7.43. The highest BCUT2D eigenvalue weighted by Gasteiger charge is 2.24. The molecule has 2 aromatic heterocycles. The third kappa shape index (κ3) is 2.68. The topological polar surface area (TPSA) is 88.8 Å².